The van der Waals surface area contributed by atoms with Crippen LogP contribution >= 0.6 is 0 Å². The van der Waals surface area contributed by atoms with Gasteiger partial charge in [0, 0.05) is 61.3 Å². The third kappa shape index (κ3) is 4.47. The van der Waals surface area contributed by atoms with Crippen LogP contribution in [0, 0.1) is 5.82 Å². The summed E-state index contributed by atoms with van der Waals surface area (Å²) in [7, 11) is 3.73. The maximum atomic E-state index is 14.6. The number of ether oxygens (including phenoxy) is 1. The Labute approximate surface area is 201 Å². The van der Waals surface area contributed by atoms with Gasteiger partial charge < -0.3 is 25.6 Å². The van der Waals surface area contributed by atoms with E-state index in [4.69, 9.17) is 10.5 Å². The number of fused-ring (bicyclic) bond motifs is 1. The number of methoxy groups -OCH3 is 1. The number of pyridine rings is 1. The zero-order valence-corrected chi connectivity index (χ0v) is 19.5. The number of nitrogens with two attached hydrogens (primary N) is 1. The van der Waals surface area contributed by atoms with Gasteiger partial charge in [-0.05, 0) is 43.4 Å². The van der Waals surface area contributed by atoms with Crippen LogP contribution in [0.4, 0.5) is 27.4 Å². The summed E-state index contributed by atoms with van der Waals surface area (Å²) in [5.41, 5.74) is 7.79. The summed E-state index contributed by atoms with van der Waals surface area (Å²) in [6.07, 6.45) is 1.58. The molecule has 9 nitrogen and oxygen atoms in total. The van der Waals surface area contributed by atoms with Gasteiger partial charge in [-0.15, -0.1) is 0 Å². The highest BCUT2D eigenvalue weighted by molar-refractivity contribution is 5.78. The van der Waals surface area contributed by atoms with E-state index in [9.17, 15) is 9.18 Å². The lowest BCUT2D eigenvalue weighted by atomic mass is 10.2. The molecule has 180 valence electrons. The fraction of sp³-hybridized carbons (Fsp3) is 0.240. The number of aromatic nitrogens is 3. The van der Waals surface area contributed by atoms with Crippen molar-refractivity contribution >= 4 is 34.0 Å². The van der Waals surface area contributed by atoms with Crippen molar-refractivity contribution in [2.75, 3.05) is 56.3 Å². The second kappa shape index (κ2) is 9.22. The van der Waals surface area contributed by atoms with E-state index >= 15 is 0 Å². The zero-order chi connectivity index (χ0) is 24.5. The predicted octanol–water partition coefficient (Wildman–Crippen LogP) is 3.01. The van der Waals surface area contributed by atoms with Crippen LogP contribution in [0.25, 0.3) is 16.7 Å². The summed E-state index contributed by atoms with van der Waals surface area (Å²) in [6.45, 7) is 3.89. The van der Waals surface area contributed by atoms with Crippen LogP contribution in [-0.2, 0) is 0 Å². The minimum Gasteiger partial charge on any atom is -0.494 e. The van der Waals surface area contributed by atoms with Gasteiger partial charge in [0.1, 0.15) is 11.6 Å². The molecule has 1 aliphatic rings. The Bertz CT molecular complexity index is 1450. The summed E-state index contributed by atoms with van der Waals surface area (Å²) >= 11 is 0. The molecule has 0 spiro atoms. The molecule has 4 aromatic rings. The van der Waals surface area contributed by atoms with E-state index in [0.717, 1.165) is 31.9 Å². The quantitative estimate of drug-likeness (QED) is 0.425. The fourth-order valence-corrected chi connectivity index (χ4v) is 4.18. The summed E-state index contributed by atoms with van der Waals surface area (Å²) in [4.78, 5) is 26.3. The van der Waals surface area contributed by atoms with Crippen LogP contribution in [0.3, 0.4) is 0 Å². The first-order valence-corrected chi connectivity index (χ1v) is 11.3. The summed E-state index contributed by atoms with van der Waals surface area (Å²) in [5.74, 6) is 0.298. The number of likely N-dealkylation sites (N-methyl/N-ethyl adjacent to an activating group) is 1. The Morgan fingerprint density at radius 2 is 1.86 bits per heavy atom. The van der Waals surface area contributed by atoms with Gasteiger partial charge in [0.15, 0.2) is 5.65 Å². The van der Waals surface area contributed by atoms with Crippen LogP contribution in [0.15, 0.2) is 59.5 Å². The second-order valence-electron chi connectivity index (χ2n) is 8.49. The number of anilines is 4. The highest BCUT2D eigenvalue weighted by atomic mass is 19.1. The Hall–Kier alpha value is -4.18. The molecule has 1 aliphatic heterocycles. The maximum Gasteiger partial charge on any atom is 0.256 e. The molecule has 3 N–H and O–H groups in total. The third-order valence-electron chi connectivity index (χ3n) is 6.14. The van der Waals surface area contributed by atoms with Crippen molar-refractivity contribution in [3.8, 4) is 11.4 Å². The number of nitrogen functional groups attached to an aromatic ring is 1. The Kier molecular flexibility index (Phi) is 5.96. The van der Waals surface area contributed by atoms with Gasteiger partial charge in [0.2, 0.25) is 5.95 Å². The van der Waals surface area contributed by atoms with E-state index in [2.05, 4.69) is 32.1 Å². The van der Waals surface area contributed by atoms with Crippen LogP contribution in [0.1, 0.15) is 0 Å². The van der Waals surface area contributed by atoms with Crippen molar-refractivity contribution in [2.45, 2.75) is 0 Å². The number of benzene rings is 2. The number of hydrogen-bond donors (Lipinski definition) is 2. The molecular formula is C25H26FN7O2. The lowest BCUT2D eigenvalue weighted by Crippen LogP contribution is -2.44. The smallest absolute Gasteiger partial charge is 0.256 e. The first-order valence-electron chi connectivity index (χ1n) is 11.3. The molecule has 0 amide bonds. The summed E-state index contributed by atoms with van der Waals surface area (Å²) in [5, 5.41) is 3.75. The number of piperazine rings is 1. The summed E-state index contributed by atoms with van der Waals surface area (Å²) < 4.78 is 21.4. The highest BCUT2D eigenvalue weighted by Gasteiger charge is 2.17. The molecule has 0 saturated carbocycles. The number of rotatable bonds is 5. The van der Waals surface area contributed by atoms with Crippen LogP contribution < -0.4 is 26.2 Å². The first-order chi connectivity index (χ1) is 16.9. The third-order valence-corrected chi connectivity index (χ3v) is 6.14. The lowest BCUT2D eigenvalue weighted by molar-refractivity contribution is 0.312. The lowest BCUT2D eigenvalue weighted by Gasteiger charge is -2.34. The number of hydrogen-bond acceptors (Lipinski definition) is 8. The Balaban J connectivity index is 1.51. The van der Waals surface area contributed by atoms with Crippen molar-refractivity contribution < 1.29 is 9.13 Å². The molecule has 1 fully saturated rings. The predicted molar refractivity (Wildman–Crippen MR) is 135 cm³/mol. The molecule has 35 heavy (non-hydrogen) atoms. The van der Waals surface area contributed by atoms with Crippen LogP contribution in [-0.4, -0.2) is 59.8 Å². The molecule has 2 aromatic heterocycles. The van der Waals surface area contributed by atoms with Gasteiger partial charge in [0.25, 0.3) is 5.56 Å². The molecule has 10 heteroatoms. The van der Waals surface area contributed by atoms with E-state index in [0.29, 0.717) is 22.5 Å². The molecule has 2 aromatic carbocycles. The second-order valence-corrected chi connectivity index (χ2v) is 8.49. The van der Waals surface area contributed by atoms with Crippen molar-refractivity contribution in [1.29, 1.82) is 0 Å². The SMILES string of the molecule is COc1cc(N2CCN(C)CC2)ccc1Nc1ncc2ccc(=O)n(-c3cc(N)ccc3F)c2n1. The van der Waals surface area contributed by atoms with E-state index in [-0.39, 0.29) is 17.3 Å². The molecule has 1 saturated heterocycles. The molecule has 0 aliphatic carbocycles. The largest absolute Gasteiger partial charge is 0.494 e. The molecule has 0 radical (unpaired) electrons. The number of nitrogens with one attached hydrogen (secondary N) is 1. The first kappa shape index (κ1) is 22.6. The van der Waals surface area contributed by atoms with Crippen LogP contribution in [0.2, 0.25) is 0 Å². The average molecular weight is 476 g/mol. The normalized spacial score (nSPS) is 14.3. The number of nitrogens with zero attached hydrogens (tertiary/aromatic N) is 5. The molecule has 3 heterocycles. The van der Waals surface area contributed by atoms with Gasteiger partial charge >= 0.3 is 0 Å². The van der Waals surface area contributed by atoms with E-state index in [1.165, 1.54) is 28.8 Å². The zero-order valence-electron chi connectivity index (χ0n) is 19.5. The van der Waals surface area contributed by atoms with Gasteiger partial charge in [0.05, 0.1) is 18.5 Å². The van der Waals surface area contributed by atoms with Crippen molar-refractivity contribution in [3.05, 3.63) is 70.9 Å². The standard InChI is InChI=1S/C25H26FN7O2/c1-31-9-11-32(12-10-31)18-5-7-20(22(14-18)35-2)29-25-28-15-16-3-8-23(34)33(24(16)30-25)21-13-17(27)4-6-19(21)26/h3-8,13-15H,9-12,27H2,1-2H3,(H,28,29,30). The van der Waals surface area contributed by atoms with Gasteiger partial charge in [-0.3, -0.25) is 9.36 Å². The topological polar surface area (TPSA) is 102 Å². The Morgan fingerprint density at radius 1 is 1.06 bits per heavy atom. The number of halogens is 1. The fourth-order valence-electron chi connectivity index (χ4n) is 4.18. The minimum atomic E-state index is -0.580. The average Bonchev–Trinajstić information content (AvgIpc) is 2.86. The van der Waals surface area contributed by atoms with Crippen molar-refractivity contribution in [2.24, 2.45) is 0 Å². The van der Waals surface area contributed by atoms with E-state index < -0.39 is 11.4 Å². The molecule has 0 bridgehead atoms. The van der Waals surface area contributed by atoms with Gasteiger partial charge in [-0.25, -0.2) is 9.37 Å². The van der Waals surface area contributed by atoms with Gasteiger partial charge in [-0.1, -0.05) is 0 Å². The monoisotopic (exact) mass is 475 g/mol. The molecular weight excluding hydrogens is 449 g/mol. The van der Waals surface area contributed by atoms with E-state index in [1.54, 1.807) is 19.4 Å². The van der Waals surface area contributed by atoms with Crippen LogP contribution in [0.5, 0.6) is 5.75 Å². The Morgan fingerprint density at radius 3 is 2.63 bits per heavy atom. The van der Waals surface area contributed by atoms with Gasteiger partial charge in [-0.2, -0.15) is 4.98 Å². The minimum absolute atomic E-state index is 0.0272. The van der Waals surface area contributed by atoms with Crippen molar-refractivity contribution in [1.82, 2.24) is 19.4 Å². The highest BCUT2D eigenvalue weighted by Crippen LogP contribution is 2.32. The molecule has 0 atom stereocenters. The molecule has 0 unspecified atom stereocenters. The van der Waals surface area contributed by atoms with E-state index in [1.807, 2.05) is 18.2 Å². The maximum absolute atomic E-state index is 14.6. The van der Waals surface area contributed by atoms with Crippen molar-refractivity contribution in [3.63, 3.8) is 0 Å². The summed E-state index contributed by atoms with van der Waals surface area (Å²) in [6, 6.07) is 12.9. The molecule has 5 rings (SSSR count).